The molecule has 1 aliphatic carbocycles. The van der Waals surface area contributed by atoms with E-state index in [0.29, 0.717) is 43.0 Å². The van der Waals surface area contributed by atoms with Crippen LogP contribution in [0.15, 0.2) is 36.5 Å². The molecule has 1 aromatic rings. The number of carbonyl (C=O) groups is 2. The maximum atomic E-state index is 14.6. The quantitative estimate of drug-likeness (QED) is 0.157. The number of hydrazine groups is 1. The Labute approximate surface area is 277 Å². The van der Waals surface area contributed by atoms with E-state index in [1.54, 1.807) is 7.05 Å². The zero-order chi connectivity index (χ0) is 33.7. The highest BCUT2D eigenvalue weighted by atomic mass is 19.3. The van der Waals surface area contributed by atoms with E-state index >= 15 is 0 Å². The molecule has 1 amide bonds. The molecule has 0 radical (unpaired) electrons. The summed E-state index contributed by atoms with van der Waals surface area (Å²) in [6.45, 7) is 15.6. The van der Waals surface area contributed by atoms with Gasteiger partial charge in [0.15, 0.2) is 0 Å². The minimum Gasteiger partial charge on any atom is -0.376 e. The summed E-state index contributed by atoms with van der Waals surface area (Å²) in [5.41, 5.74) is 9.50. The third kappa shape index (κ3) is 10.8. The van der Waals surface area contributed by atoms with Crippen LogP contribution in [0.2, 0.25) is 0 Å². The number of benzene rings is 1. The summed E-state index contributed by atoms with van der Waals surface area (Å²) in [5.74, 6) is -1.66. The van der Waals surface area contributed by atoms with E-state index in [4.69, 9.17) is 4.79 Å². The molecule has 2 heterocycles. The average Bonchev–Trinajstić information content (AvgIpc) is 3.44. The third-order valence-corrected chi connectivity index (χ3v) is 10.4. The first-order valence-electron chi connectivity index (χ1n) is 17.8. The predicted octanol–water partition coefficient (Wildman–Crippen LogP) is 6.14. The molecule has 3 aliphatic rings. The van der Waals surface area contributed by atoms with E-state index < -0.39 is 12.0 Å². The SMILES string of the molecule is C=C(CNNC)NC(C(=O)N1CC2CC(CCC)CN2CC1[C@H](C)CCCc1ccccc1CC)C1CCC(F)(F)CC1.CC=O. The number of alkyl halides is 2. The molecule has 0 aromatic heterocycles. The van der Waals surface area contributed by atoms with Crippen molar-refractivity contribution in [3.05, 3.63) is 47.7 Å². The molecule has 9 heteroatoms. The molecule has 5 atom stereocenters. The number of nitrogens with zero attached hydrogens (tertiary/aromatic N) is 2. The summed E-state index contributed by atoms with van der Waals surface area (Å²) in [4.78, 5) is 28.3. The van der Waals surface area contributed by atoms with Crippen molar-refractivity contribution in [3.63, 3.8) is 0 Å². The Morgan fingerprint density at radius 3 is 2.43 bits per heavy atom. The van der Waals surface area contributed by atoms with E-state index in [0.717, 1.165) is 58.0 Å². The molecule has 46 heavy (non-hydrogen) atoms. The largest absolute Gasteiger partial charge is 0.376 e. The second-order valence-electron chi connectivity index (χ2n) is 13.8. The van der Waals surface area contributed by atoms with Gasteiger partial charge in [0.1, 0.15) is 12.3 Å². The van der Waals surface area contributed by atoms with Crippen molar-refractivity contribution in [2.24, 2.45) is 17.8 Å². The molecular weight excluding hydrogens is 584 g/mol. The van der Waals surface area contributed by atoms with Crippen LogP contribution in [0.3, 0.4) is 0 Å². The molecule has 1 saturated carbocycles. The molecule has 4 unspecified atom stereocenters. The van der Waals surface area contributed by atoms with E-state index in [-0.39, 0.29) is 30.7 Å². The number of fused-ring (bicyclic) bond motifs is 1. The van der Waals surface area contributed by atoms with Gasteiger partial charge in [-0.2, -0.15) is 0 Å². The molecule has 0 spiro atoms. The van der Waals surface area contributed by atoms with E-state index in [1.165, 1.54) is 30.9 Å². The van der Waals surface area contributed by atoms with Gasteiger partial charge in [-0.15, -0.1) is 0 Å². The van der Waals surface area contributed by atoms with Gasteiger partial charge in [0.2, 0.25) is 11.8 Å². The van der Waals surface area contributed by atoms with Crippen LogP contribution in [0.25, 0.3) is 0 Å². The molecule has 7 nitrogen and oxygen atoms in total. The minimum absolute atomic E-state index is 0.0765. The van der Waals surface area contributed by atoms with Crippen LogP contribution >= 0.6 is 0 Å². The van der Waals surface area contributed by atoms with Crippen molar-refractivity contribution >= 4 is 12.2 Å². The molecule has 260 valence electrons. The smallest absolute Gasteiger partial charge is 0.248 e. The fourth-order valence-corrected chi connectivity index (χ4v) is 7.94. The van der Waals surface area contributed by atoms with E-state index in [9.17, 15) is 13.6 Å². The topological polar surface area (TPSA) is 76.7 Å². The van der Waals surface area contributed by atoms with Crippen LogP contribution < -0.4 is 16.2 Å². The first-order valence-corrected chi connectivity index (χ1v) is 17.8. The summed E-state index contributed by atoms with van der Waals surface area (Å²) in [6.07, 6.45) is 8.94. The number of piperazine rings is 1. The Balaban J connectivity index is 0.00000185. The minimum atomic E-state index is -2.63. The monoisotopic (exact) mass is 645 g/mol. The van der Waals surface area contributed by atoms with Gasteiger partial charge in [-0.3, -0.25) is 20.5 Å². The number of aryl methyl sites for hydroxylation is 2. The Morgan fingerprint density at radius 2 is 1.80 bits per heavy atom. The standard InChI is InChI=1S/C35H57F2N5O.C2H4O/c1-6-11-27-20-31-23-42(34(43)33(40-26(4)21-39-38-5)30-16-18-35(36,37)19-17-30)32(24-41(31)22-27)25(3)12-10-15-29-14-9-8-13-28(29)7-2;1-2-3/h8-9,13-14,25,27,30-33,38-40H,4,6-7,10-12,15-24H2,1-3,5H3;2H,1H3/t25-,27?,31?,32?,33?;/m1./s1. The number of hydrogen-bond acceptors (Lipinski definition) is 6. The fraction of sp³-hybridized carbons (Fsp3) is 0.730. The van der Waals surface area contributed by atoms with Crippen molar-refractivity contribution in [2.75, 3.05) is 33.2 Å². The van der Waals surface area contributed by atoms with Crippen LogP contribution in [0.5, 0.6) is 0 Å². The highest BCUT2D eigenvalue weighted by molar-refractivity contribution is 5.83. The number of hydrogen-bond donors (Lipinski definition) is 3. The lowest BCUT2D eigenvalue weighted by Gasteiger charge is -2.48. The van der Waals surface area contributed by atoms with Crippen LogP contribution in [-0.4, -0.2) is 79.3 Å². The van der Waals surface area contributed by atoms with Gasteiger partial charge in [0.05, 0.1) is 0 Å². The molecule has 2 aliphatic heterocycles. The molecule has 2 saturated heterocycles. The molecule has 1 aromatic carbocycles. The third-order valence-electron chi connectivity index (χ3n) is 10.4. The van der Waals surface area contributed by atoms with Crippen molar-refractivity contribution in [1.29, 1.82) is 0 Å². The number of halogens is 2. The average molecular weight is 646 g/mol. The van der Waals surface area contributed by atoms with Crippen molar-refractivity contribution in [3.8, 4) is 0 Å². The highest BCUT2D eigenvalue weighted by Crippen LogP contribution is 2.39. The second kappa shape index (κ2) is 18.8. The van der Waals surface area contributed by atoms with Crippen LogP contribution in [0, 0.1) is 17.8 Å². The normalized spacial score (nSPS) is 24.3. The van der Waals surface area contributed by atoms with Crippen LogP contribution in [-0.2, 0) is 22.4 Å². The zero-order valence-corrected chi connectivity index (χ0v) is 29.1. The maximum Gasteiger partial charge on any atom is 0.248 e. The lowest BCUT2D eigenvalue weighted by Crippen LogP contribution is -2.64. The summed E-state index contributed by atoms with van der Waals surface area (Å²) < 4.78 is 28.3. The Morgan fingerprint density at radius 1 is 1.13 bits per heavy atom. The maximum absolute atomic E-state index is 14.6. The first kappa shape index (κ1) is 38.1. The molecule has 4 rings (SSSR count). The summed E-state index contributed by atoms with van der Waals surface area (Å²) >= 11 is 0. The lowest BCUT2D eigenvalue weighted by atomic mass is 9.80. The summed E-state index contributed by atoms with van der Waals surface area (Å²) in [6, 6.07) is 8.70. The molecule has 3 fully saturated rings. The van der Waals surface area contributed by atoms with Gasteiger partial charge < -0.3 is 15.0 Å². The van der Waals surface area contributed by atoms with Gasteiger partial charge in [-0.25, -0.2) is 8.78 Å². The number of carbonyl (C=O) groups excluding carboxylic acids is 2. The van der Waals surface area contributed by atoms with Gasteiger partial charge in [0, 0.05) is 56.8 Å². The number of aldehydes is 1. The van der Waals surface area contributed by atoms with Gasteiger partial charge in [0.25, 0.3) is 0 Å². The van der Waals surface area contributed by atoms with Gasteiger partial charge in [-0.05, 0) is 94.2 Å². The van der Waals surface area contributed by atoms with Crippen LogP contribution in [0.1, 0.15) is 96.6 Å². The molecule has 3 N–H and O–H groups in total. The van der Waals surface area contributed by atoms with Crippen molar-refractivity contribution in [2.45, 2.75) is 122 Å². The highest BCUT2D eigenvalue weighted by Gasteiger charge is 2.47. The summed E-state index contributed by atoms with van der Waals surface area (Å²) in [7, 11) is 1.79. The molecule has 0 bridgehead atoms. The first-order chi connectivity index (χ1) is 22.1. The van der Waals surface area contributed by atoms with Crippen LogP contribution in [0.4, 0.5) is 8.78 Å². The number of amides is 1. The number of rotatable bonds is 15. The van der Waals surface area contributed by atoms with E-state index in [2.05, 4.69) is 77.6 Å². The van der Waals surface area contributed by atoms with Crippen molar-refractivity contribution < 1.29 is 18.4 Å². The van der Waals surface area contributed by atoms with Gasteiger partial charge >= 0.3 is 0 Å². The lowest BCUT2D eigenvalue weighted by molar-refractivity contribution is -0.144. The van der Waals surface area contributed by atoms with Gasteiger partial charge in [-0.1, -0.05) is 58.0 Å². The van der Waals surface area contributed by atoms with E-state index in [1.807, 2.05) is 0 Å². The Kier molecular flexibility index (Phi) is 15.6. The Bertz CT molecular complexity index is 1090. The zero-order valence-electron chi connectivity index (χ0n) is 29.1. The predicted molar refractivity (Wildman–Crippen MR) is 184 cm³/mol. The summed E-state index contributed by atoms with van der Waals surface area (Å²) in [5, 5.41) is 3.42. The fourth-order valence-electron chi connectivity index (χ4n) is 7.94. The number of nitrogens with one attached hydrogen (secondary N) is 3. The second-order valence-corrected chi connectivity index (χ2v) is 13.8. The Hall–Kier alpha value is -2.36. The molecular formula is C37H61F2N5O2. The van der Waals surface area contributed by atoms with Crippen molar-refractivity contribution in [1.82, 2.24) is 26.0 Å².